The highest BCUT2D eigenvalue weighted by Crippen LogP contribution is 2.25. The molecular formula is C9H12ClNO3S. The monoisotopic (exact) mass is 249 g/mol. The van der Waals surface area contributed by atoms with Gasteiger partial charge in [-0.05, 0) is 17.5 Å². The lowest BCUT2D eigenvalue weighted by Gasteiger charge is -2.24. The zero-order valence-electron chi connectivity index (χ0n) is 7.88. The molecule has 1 atom stereocenters. The molecule has 0 spiro atoms. The van der Waals surface area contributed by atoms with E-state index in [1.807, 2.05) is 12.1 Å². The third kappa shape index (κ3) is 2.49. The van der Waals surface area contributed by atoms with Crippen LogP contribution in [0.15, 0.2) is 24.3 Å². The highest BCUT2D eigenvalue weighted by atomic mass is 35.5. The Hall–Kier alpha value is -0.620. The van der Waals surface area contributed by atoms with E-state index in [0.29, 0.717) is 12.1 Å². The van der Waals surface area contributed by atoms with Crippen LogP contribution in [0.5, 0.6) is 0 Å². The first-order valence-electron chi connectivity index (χ1n) is 4.36. The standard InChI is InChI=1S/C9H11NO3S.ClH/c11-14(12,13)9-8-4-2-1-3-7(8)5-6-10-9;/h1-4,9-10H,5-6H2,(H,11,12,13);1H. The van der Waals surface area contributed by atoms with Crippen LogP contribution in [0.3, 0.4) is 0 Å². The third-order valence-electron chi connectivity index (χ3n) is 2.36. The average Bonchev–Trinajstić information content (AvgIpc) is 2.15. The molecule has 0 aliphatic carbocycles. The quantitative estimate of drug-likeness (QED) is 0.733. The minimum atomic E-state index is -4.05. The summed E-state index contributed by atoms with van der Waals surface area (Å²) >= 11 is 0. The maximum absolute atomic E-state index is 11.0. The van der Waals surface area contributed by atoms with Gasteiger partial charge in [0.1, 0.15) is 0 Å². The van der Waals surface area contributed by atoms with Crippen molar-refractivity contribution in [1.82, 2.24) is 5.32 Å². The summed E-state index contributed by atoms with van der Waals surface area (Å²) in [6.45, 7) is 0.571. The zero-order valence-corrected chi connectivity index (χ0v) is 9.51. The molecular weight excluding hydrogens is 238 g/mol. The van der Waals surface area contributed by atoms with Crippen LogP contribution in [-0.4, -0.2) is 19.5 Å². The van der Waals surface area contributed by atoms with Crippen LogP contribution >= 0.6 is 12.4 Å². The Labute approximate surface area is 94.9 Å². The molecule has 1 aliphatic heterocycles. The Kier molecular flexibility index (Phi) is 3.72. The Morgan fingerprint density at radius 1 is 1.33 bits per heavy atom. The molecule has 84 valence electrons. The second-order valence-corrected chi connectivity index (χ2v) is 4.80. The average molecular weight is 250 g/mol. The summed E-state index contributed by atoms with van der Waals surface area (Å²) in [5, 5.41) is 1.81. The van der Waals surface area contributed by atoms with Gasteiger partial charge in [0.2, 0.25) is 0 Å². The van der Waals surface area contributed by atoms with Crippen molar-refractivity contribution >= 4 is 22.5 Å². The molecule has 0 amide bonds. The van der Waals surface area contributed by atoms with Gasteiger partial charge in [0.25, 0.3) is 10.1 Å². The van der Waals surface area contributed by atoms with Gasteiger partial charge in [0, 0.05) is 6.54 Å². The number of fused-ring (bicyclic) bond motifs is 1. The first-order chi connectivity index (χ1) is 6.59. The van der Waals surface area contributed by atoms with Gasteiger partial charge in [-0.3, -0.25) is 9.87 Å². The Morgan fingerprint density at radius 3 is 2.67 bits per heavy atom. The molecule has 1 aliphatic rings. The fraction of sp³-hybridized carbons (Fsp3) is 0.333. The van der Waals surface area contributed by atoms with E-state index in [2.05, 4.69) is 5.32 Å². The van der Waals surface area contributed by atoms with Crippen molar-refractivity contribution in [2.75, 3.05) is 6.54 Å². The first kappa shape index (κ1) is 12.4. The number of rotatable bonds is 1. The second kappa shape index (κ2) is 4.49. The molecule has 6 heteroatoms. The lowest BCUT2D eigenvalue weighted by molar-refractivity contribution is 0.447. The number of hydrogen-bond donors (Lipinski definition) is 2. The van der Waals surface area contributed by atoms with Crippen molar-refractivity contribution in [1.29, 1.82) is 0 Å². The number of hydrogen-bond acceptors (Lipinski definition) is 3. The SMILES string of the molecule is Cl.O=S(=O)(O)C1NCCc2ccccc21. The van der Waals surface area contributed by atoms with Gasteiger partial charge in [-0.1, -0.05) is 24.3 Å². The van der Waals surface area contributed by atoms with Gasteiger partial charge in [-0.25, -0.2) is 0 Å². The van der Waals surface area contributed by atoms with Crippen LogP contribution in [-0.2, 0) is 16.5 Å². The summed E-state index contributed by atoms with van der Waals surface area (Å²) in [5.41, 5.74) is 1.63. The van der Waals surface area contributed by atoms with Crippen LogP contribution in [0.1, 0.15) is 16.5 Å². The third-order valence-corrected chi connectivity index (χ3v) is 3.38. The van der Waals surface area contributed by atoms with E-state index < -0.39 is 15.5 Å². The van der Waals surface area contributed by atoms with Gasteiger partial charge in [-0.2, -0.15) is 8.42 Å². The highest BCUT2D eigenvalue weighted by molar-refractivity contribution is 7.86. The normalized spacial score (nSPS) is 20.2. The maximum Gasteiger partial charge on any atom is 0.285 e. The van der Waals surface area contributed by atoms with Gasteiger partial charge in [0.15, 0.2) is 5.37 Å². The van der Waals surface area contributed by atoms with E-state index in [1.165, 1.54) is 0 Å². The van der Waals surface area contributed by atoms with Crippen molar-refractivity contribution in [3.63, 3.8) is 0 Å². The number of halogens is 1. The van der Waals surface area contributed by atoms with Crippen molar-refractivity contribution < 1.29 is 13.0 Å². The van der Waals surface area contributed by atoms with E-state index in [1.54, 1.807) is 12.1 Å². The fourth-order valence-corrected chi connectivity index (χ4v) is 2.61. The van der Waals surface area contributed by atoms with Crippen LogP contribution in [0.2, 0.25) is 0 Å². The van der Waals surface area contributed by atoms with E-state index in [4.69, 9.17) is 4.55 Å². The number of benzene rings is 1. The minimum absolute atomic E-state index is 0. The zero-order chi connectivity index (χ0) is 10.2. The molecule has 0 saturated carbocycles. The molecule has 1 unspecified atom stereocenters. The summed E-state index contributed by atoms with van der Waals surface area (Å²) < 4.78 is 31.1. The van der Waals surface area contributed by atoms with Gasteiger partial charge >= 0.3 is 0 Å². The topological polar surface area (TPSA) is 66.4 Å². The summed E-state index contributed by atoms with van der Waals surface area (Å²) in [6, 6.07) is 7.24. The molecule has 2 N–H and O–H groups in total. The fourth-order valence-electron chi connectivity index (χ4n) is 1.73. The van der Waals surface area contributed by atoms with Crippen LogP contribution in [0.4, 0.5) is 0 Å². The molecule has 0 bridgehead atoms. The molecule has 1 aromatic carbocycles. The minimum Gasteiger partial charge on any atom is -0.295 e. The predicted molar refractivity (Wildman–Crippen MR) is 59.7 cm³/mol. The van der Waals surface area contributed by atoms with E-state index in [9.17, 15) is 8.42 Å². The Bertz CT molecular complexity index is 446. The summed E-state index contributed by atoms with van der Waals surface area (Å²) in [4.78, 5) is 0. The predicted octanol–water partition coefficient (Wildman–Crippen LogP) is 1.14. The summed E-state index contributed by atoms with van der Waals surface area (Å²) in [7, 11) is -4.05. The van der Waals surface area contributed by atoms with E-state index >= 15 is 0 Å². The molecule has 4 nitrogen and oxygen atoms in total. The van der Waals surface area contributed by atoms with Crippen molar-refractivity contribution in [2.24, 2.45) is 0 Å². The van der Waals surface area contributed by atoms with E-state index in [-0.39, 0.29) is 12.4 Å². The lowest BCUT2D eigenvalue weighted by atomic mass is 10.0. The first-order valence-corrected chi connectivity index (χ1v) is 5.87. The molecule has 2 rings (SSSR count). The van der Waals surface area contributed by atoms with Gasteiger partial charge in [0.05, 0.1) is 0 Å². The molecule has 0 saturated heterocycles. The molecule has 0 radical (unpaired) electrons. The van der Waals surface area contributed by atoms with Crippen molar-refractivity contribution in [2.45, 2.75) is 11.8 Å². The van der Waals surface area contributed by atoms with Crippen LogP contribution < -0.4 is 5.32 Å². The van der Waals surface area contributed by atoms with Crippen LogP contribution in [0, 0.1) is 0 Å². The summed E-state index contributed by atoms with van der Waals surface area (Å²) in [6.07, 6.45) is 0.794. The van der Waals surface area contributed by atoms with Crippen molar-refractivity contribution in [3.05, 3.63) is 35.4 Å². The summed E-state index contributed by atoms with van der Waals surface area (Å²) in [5.74, 6) is 0. The molecule has 0 fully saturated rings. The van der Waals surface area contributed by atoms with Gasteiger partial charge < -0.3 is 0 Å². The molecule has 1 aromatic rings. The lowest BCUT2D eigenvalue weighted by Crippen LogP contribution is -2.34. The second-order valence-electron chi connectivity index (χ2n) is 3.30. The maximum atomic E-state index is 11.0. The van der Waals surface area contributed by atoms with Gasteiger partial charge in [-0.15, -0.1) is 12.4 Å². The molecule has 15 heavy (non-hydrogen) atoms. The molecule has 0 aromatic heterocycles. The number of nitrogens with one attached hydrogen (secondary N) is 1. The highest BCUT2D eigenvalue weighted by Gasteiger charge is 2.29. The van der Waals surface area contributed by atoms with Crippen LogP contribution in [0.25, 0.3) is 0 Å². The largest absolute Gasteiger partial charge is 0.295 e. The van der Waals surface area contributed by atoms with E-state index in [0.717, 1.165) is 12.0 Å². The smallest absolute Gasteiger partial charge is 0.285 e. The molecule has 1 heterocycles. The Balaban J connectivity index is 0.00000112. The van der Waals surface area contributed by atoms with Crippen molar-refractivity contribution in [3.8, 4) is 0 Å². The Morgan fingerprint density at radius 2 is 2.00 bits per heavy atom.